The summed E-state index contributed by atoms with van der Waals surface area (Å²) in [6, 6.07) is 4.68. The van der Waals surface area contributed by atoms with Crippen LogP contribution in [0, 0.1) is 5.82 Å². The van der Waals surface area contributed by atoms with Gasteiger partial charge in [0.2, 0.25) is 0 Å². The van der Waals surface area contributed by atoms with E-state index in [0.29, 0.717) is 30.2 Å². The maximum atomic E-state index is 14.4. The van der Waals surface area contributed by atoms with Crippen LogP contribution in [0.5, 0.6) is 0 Å². The molecule has 10 heteroatoms. The average molecular weight is 367 g/mol. The van der Waals surface area contributed by atoms with Gasteiger partial charge in [-0.25, -0.2) is 22.5 Å². The van der Waals surface area contributed by atoms with Crippen LogP contribution in [0.4, 0.5) is 10.1 Å². The van der Waals surface area contributed by atoms with Gasteiger partial charge in [0.15, 0.2) is 9.84 Å². The average Bonchev–Trinajstić information content (AvgIpc) is 3.02. The van der Waals surface area contributed by atoms with Crippen molar-refractivity contribution in [3.05, 3.63) is 35.9 Å². The van der Waals surface area contributed by atoms with E-state index in [-0.39, 0.29) is 18.1 Å². The minimum Gasteiger partial charge on any atom is -0.367 e. The first-order valence-corrected chi connectivity index (χ1v) is 9.41. The minimum atomic E-state index is -3.00. The third-order valence-electron chi connectivity index (χ3n) is 3.73. The first kappa shape index (κ1) is 16.7. The maximum Gasteiger partial charge on any atom is 0.153 e. The van der Waals surface area contributed by atoms with Gasteiger partial charge in [0.05, 0.1) is 40.8 Å². The van der Waals surface area contributed by atoms with Crippen LogP contribution >= 0.6 is 12.2 Å². The summed E-state index contributed by atoms with van der Waals surface area (Å²) < 4.78 is 38.8. The van der Waals surface area contributed by atoms with Crippen LogP contribution in [0.15, 0.2) is 29.4 Å². The van der Waals surface area contributed by atoms with Gasteiger partial charge in [-0.1, -0.05) is 5.21 Å². The predicted octanol–water partition coefficient (Wildman–Crippen LogP) is 1.24. The molecule has 0 N–H and O–H groups in total. The molecule has 0 amide bonds. The number of benzene rings is 1. The standard InChI is InChI=1S/C14H14FN5O2S2/c15-13-7-12(20-9-11(17-18-20)8-16-10-23)1-2-14(13)19-3-5-24(21,22)6-4-19/h1-2,7,9H,3-6,8H2. The lowest BCUT2D eigenvalue weighted by atomic mass is 10.2. The summed E-state index contributed by atoms with van der Waals surface area (Å²) in [7, 11) is -3.00. The van der Waals surface area contributed by atoms with Crippen molar-refractivity contribution >= 4 is 32.9 Å². The zero-order valence-corrected chi connectivity index (χ0v) is 14.2. The molecule has 2 aromatic rings. The number of nitrogens with zero attached hydrogens (tertiary/aromatic N) is 5. The normalized spacial score (nSPS) is 16.6. The number of thiocarbonyl (C=S) groups is 1. The fourth-order valence-corrected chi connectivity index (χ4v) is 3.72. The number of sulfone groups is 1. The van der Waals surface area contributed by atoms with Crippen molar-refractivity contribution in [3.8, 4) is 5.69 Å². The predicted molar refractivity (Wildman–Crippen MR) is 90.9 cm³/mol. The van der Waals surface area contributed by atoms with E-state index in [2.05, 4.69) is 32.7 Å². The number of halogens is 1. The molecule has 1 fully saturated rings. The van der Waals surface area contributed by atoms with Gasteiger partial charge in [-0.2, -0.15) is 0 Å². The molecule has 3 rings (SSSR count). The Morgan fingerprint density at radius 3 is 2.75 bits per heavy atom. The Morgan fingerprint density at radius 1 is 1.33 bits per heavy atom. The Bertz CT molecular complexity index is 892. The van der Waals surface area contributed by atoms with Crippen molar-refractivity contribution in [1.82, 2.24) is 15.0 Å². The summed E-state index contributed by atoms with van der Waals surface area (Å²) in [4.78, 5) is 5.51. The van der Waals surface area contributed by atoms with E-state index in [4.69, 9.17) is 0 Å². The topological polar surface area (TPSA) is 80.5 Å². The van der Waals surface area contributed by atoms with E-state index >= 15 is 0 Å². The number of aromatic nitrogens is 3. The molecule has 0 unspecified atom stereocenters. The number of isothiocyanates is 1. The molecule has 7 nitrogen and oxygen atoms in total. The molecule has 0 saturated carbocycles. The van der Waals surface area contributed by atoms with Gasteiger partial charge in [0, 0.05) is 19.2 Å². The number of hydrogen-bond acceptors (Lipinski definition) is 7. The molecule has 1 aromatic carbocycles. The second kappa shape index (κ2) is 6.76. The lowest BCUT2D eigenvalue weighted by molar-refractivity contribution is 0.581. The third-order valence-corrected chi connectivity index (χ3v) is 5.47. The van der Waals surface area contributed by atoms with E-state index in [1.165, 1.54) is 10.7 Å². The van der Waals surface area contributed by atoms with E-state index in [9.17, 15) is 12.8 Å². The highest BCUT2D eigenvalue weighted by Crippen LogP contribution is 2.23. The van der Waals surface area contributed by atoms with Crippen molar-refractivity contribution < 1.29 is 12.8 Å². The van der Waals surface area contributed by atoms with Gasteiger partial charge >= 0.3 is 0 Å². The Labute approximate surface area is 143 Å². The molecule has 1 aliphatic heterocycles. The van der Waals surface area contributed by atoms with Crippen LogP contribution in [-0.2, 0) is 16.4 Å². The number of anilines is 1. The highest BCUT2D eigenvalue weighted by Gasteiger charge is 2.23. The lowest BCUT2D eigenvalue weighted by Crippen LogP contribution is -2.40. The summed E-state index contributed by atoms with van der Waals surface area (Å²) >= 11 is 4.50. The fourth-order valence-electron chi connectivity index (χ4n) is 2.46. The van der Waals surface area contributed by atoms with Gasteiger partial charge in [-0.05, 0) is 24.4 Å². The summed E-state index contributed by atoms with van der Waals surface area (Å²) in [6.07, 6.45) is 1.64. The Morgan fingerprint density at radius 2 is 2.08 bits per heavy atom. The maximum absolute atomic E-state index is 14.4. The molecule has 2 heterocycles. The molecule has 0 atom stereocenters. The van der Waals surface area contributed by atoms with Gasteiger partial charge in [-0.3, -0.25) is 0 Å². The molecule has 24 heavy (non-hydrogen) atoms. The SMILES string of the molecule is O=S1(=O)CCN(c2ccc(-n3cc(CN=C=S)nn3)cc2F)CC1. The van der Waals surface area contributed by atoms with E-state index in [1.807, 2.05) is 0 Å². The highest BCUT2D eigenvalue weighted by molar-refractivity contribution is 7.91. The molecular formula is C14H14FN5O2S2. The smallest absolute Gasteiger partial charge is 0.153 e. The monoisotopic (exact) mass is 367 g/mol. The summed E-state index contributed by atoms with van der Waals surface area (Å²) in [5, 5.41) is 10.1. The van der Waals surface area contributed by atoms with Crippen LogP contribution in [0.25, 0.3) is 5.69 Å². The zero-order chi connectivity index (χ0) is 17.2. The fraction of sp³-hybridized carbons (Fsp3) is 0.357. The van der Waals surface area contributed by atoms with Crippen molar-refractivity contribution in [2.24, 2.45) is 4.99 Å². The van der Waals surface area contributed by atoms with E-state index in [1.54, 1.807) is 23.2 Å². The Balaban J connectivity index is 1.80. The van der Waals surface area contributed by atoms with E-state index < -0.39 is 15.7 Å². The molecular weight excluding hydrogens is 353 g/mol. The van der Waals surface area contributed by atoms with E-state index in [0.717, 1.165) is 0 Å². The molecule has 1 saturated heterocycles. The Hall–Kier alpha value is -2.16. The first-order valence-electron chi connectivity index (χ1n) is 7.19. The number of hydrogen-bond donors (Lipinski definition) is 0. The number of rotatable bonds is 4. The summed E-state index contributed by atoms with van der Waals surface area (Å²) in [5.74, 6) is -0.344. The largest absolute Gasteiger partial charge is 0.367 e. The summed E-state index contributed by atoms with van der Waals surface area (Å²) in [5.41, 5.74) is 1.50. The summed E-state index contributed by atoms with van der Waals surface area (Å²) in [6.45, 7) is 0.857. The van der Waals surface area contributed by atoms with Crippen LogP contribution in [0.3, 0.4) is 0 Å². The quantitative estimate of drug-likeness (QED) is 0.598. The minimum absolute atomic E-state index is 0.0427. The van der Waals surface area contributed by atoms with Crippen LogP contribution < -0.4 is 4.90 Å². The van der Waals surface area contributed by atoms with Gasteiger partial charge in [-0.15, -0.1) is 5.10 Å². The second-order valence-corrected chi connectivity index (χ2v) is 7.82. The number of aliphatic imine (C=N–C) groups is 1. The van der Waals surface area contributed by atoms with Crippen molar-refractivity contribution in [2.45, 2.75) is 6.54 Å². The van der Waals surface area contributed by atoms with Gasteiger partial charge in [0.25, 0.3) is 0 Å². The van der Waals surface area contributed by atoms with Gasteiger partial charge in [0.1, 0.15) is 11.5 Å². The molecule has 1 aromatic heterocycles. The molecule has 0 bridgehead atoms. The lowest BCUT2D eigenvalue weighted by Gasteiger charge is -2.29. The third kappa shape index (κ3) is 3.66. The zero-order valence-electron chi connectivity index (χ0n) is 12.6. The molecule has 1 aliphatic rings. The van der Waals surface area contributed by atoms with Crippen LogP contribution in [0.1, 0.15) is 5.69 Å². The molecule has 0 aliphatic carbocycles. The second-order valence-electron chi connectivity index (χ2n) is 5.34. The van der Waals surface area contributed by atoms with Gasteiger partial charge < -0.3 is 4.90 Å². The van der Waals surface area contributed by atoms with Crippen LogP contribution in [0.2, 0.25) is 0 Å². The van der Waals surface area contributed by atoms with Crippen LogP contribution in [-0.4, -0.2) is 53.2 Å². The highest BCUT2D eigenvalue weighted by atomic mass is 32.2. The molecule has 0 radical (unpaired) electrons. The molecule has 0 spiro atoms. The first-order chi connectivity index (χ1) is 11.5. The van der Waals surface area contributed by atoms with Crippen molar-refractivity contribution in [1.29, 1.82) is 0 Å². The van der Waals surface area contributed by atoms with Crippen molar-refractivity contribution in [2.75, 3.05) is 29.5 Å². The van der Waals surface area contributed by atoms with Crippen molar-refractivity contribution in [3.63, 3.8) is 0 Å². The molecule has 126 valence electrons. The Kier molecular flexibility index (Phi) is 4.70.